The van der Waals surface area contributed by atoms with Crippen molar-refractivity contribution < 1.29 is 4.79 Å². The van der Waals surface area contributed by atoms with Crippen molar-refractivity contribution in [1.29, 1.82) is 0 Å². The van der Waals surface area contributed by atoms with Gasteiger partial charge in [-0.3, -0.25) is 9.69 Å². The van der Waals surface area contributed by atoms with Crippen LogP contribution in [0.3, 0.4) is 0 Å². The van der Waals surface area contributed by atoms with Crippen LogP contribution >= 0.6 is 34.5 Å². The topological polar surface area (TPSA) is 36.4 Å². The van der Waals surface area contributed by atoms with Gasteiger partial charge in [-0.25, -0.2) is 4.98 Å². The minimum absolute atomic E-state index is 0.172. The second-order valence-corrected chi connectivity index (χ2v) is 8.91. The Morgan fingerprint density at radius 1 is 0.931 bits per heavy atom. The van der Waals surface area contributed by atoms with Crippen LogP contribution in [0.5, 0.6) is 0 Å². The van der Waals surface area contributed by atoms with Gasteiger partial charge in [-0.05, 0) is 29.8 Å². The lowest BCUT2D eigenvalue weighted by Crippen LogP contribution is -2.48. The first-order chi connectivity index (χ1) is 14.1. The highest BCUT2D eigenvalue weighted by Gasteiger charge is 2.22. The highest BCUT2D eigenvalue weighted by molar-refractivity contribution is 7.09. The smallest absolute Gasteiger partial charge is 0.227 e. The van der Waals surface area contributed by atoms with Gasteiger partial charge in [0.25, 0.3) is 0 Å². The van der Waals surface area contributed by atoms with E-state index in [-0.39, 0.29) is 5.91 Å². The van der Waals surface area contributed by atoms with E-state index in [4.69, 9.17) is 28.2 Å². The van der Waals surface area contributed by atoms with Gasteiger partial charge in [-0.15, -0.1) is 11.3 Å². The molecule has 0 N–H and O–H groups in total. The summed E-state index contributed by atoms with van der Waals surface area (Å²) in [5.74, 6) is 0.172. The van der Waals surface area contributed by atoms with Gasteiger partial charge in [0.05, 0.1) is 18.7 Å². The summed E-state index contributed by atoms with van der Waals surface area (Å²) in [7, 11) is 0. The van der Waals surface area contributed by atoms with Crippen LogP contribution in [-0.4, -0.2) is 46.9 Å². The van der Waals surface area contributed by atoms with Crippen molar-refractivity contribution in [2.24, 2.45) is 0 Å². The molecule has 2 heterocycles. The molecule has 1 aliphatic rings. The fourth-order valence-electron chi connectivity index (χ4n) is 3.37. The predicted molar refractivity (Wildman–Crippen MR) is 120 cm³/mol. The average molecular weight is 446 g/mol. The Hall–Kier alpha value is -1.92. The normalized spacial score (nSPS) is 14.9. The number of rotatable bonds is 5. The summed E-state index contributed by atoms with van der Waals surface area (Å²) in [6.45, 7) is 4.05. The number of piperazine rings is 1. The van der Waals surface area contributed by atoms with Crippen molar-refractivity contribution in [2.75, 3.05) is 26.2 Å². The second kappa shape index (κ2) is 9.26. The largest absolute Gasteiger partial charge is 0.340 e. The number of hydrogen-bond donors (Lipinski definition) is 0. The molecule has 1 saturated heterocycles. The summed E-state index contributed by atoms with van der Waals surface area (Å²) in [5.41, 5.74) is 3.06. The molecule has 0 saturated carbocycles. The lowest BCUT2D eigenvalue weighted by atomic mass is 10.1. The van der Waals surface area contributed by atoms with Crippen LogP contribution in [0.2, 0.25) is 10.0 Å². The molecule has 4 rings (SSSR count). The fraction of sp³-hybridized carbons (Fsp3) is 0.273. The quantitative estimate of drug-likeness (QED) is 0.553. The average Bonchev–Trinajstić information content (AvgIpc) is 3.19. The molecule has 1 amide bonds. The van der Waals surface area contributed by atoms with Gasteiger partial charge in [-0.2, -0.15) is 0 Å². The standard InChI is InChI=1S/C22H21Cl2N3OS/c23-18-5-1-16(2-6-18)13-22(28)27-11-9-26(10-12-27)14-21-25-20(15-29-21)17-3-7-19(24)8-4-17/h1-8,15H,9-14H2. The van der Waals surface area contributed by atoms with E-state index >= 15 is 0 Å². The summed E-state index contributed by atoms with van der Waals surface area (Å²) in [5, 5.41) is 4.60. The van der Waals surface area contributed by atoms with E-state index in [2.05, 4.69) is 10.3 Å². The van der Waals surface area contributed by atoms with Crippen molar-refractivity contribution in [3.8, 4) is 11.3 Å². The Kier molecular flexibility index (Phi) is 6.50. The molecule has 0 bridgehead atoms. The number of hydrogen-bond acceptors (Lipinski definition) is 4. The van der Waals surface area contributed by atoms with E-state index in [1.807, 2.05) is 53.4 Å². The van der Waals surface area contributed by atoms with Gasteiger partial charge in [-0.1, -0.05) is 47.5 Å². The van der Waals surface area contributed by atoms with Gasteiger partial charge >= 0.3 is 0 Å². The van der Waals surface area contributed by atoms with Gasteiger partial charge in [0.1, 0.15) is 5.01 Å². The predicted octanol–water partition coefficient (Wildman–Crippen LogP) is 5.00. The molecule has 150 valence electrons. The maximum atomic E-state index is 12.6. The molecule has 1 aliphatic heterocycles. The van der Waals surface area contributed by atoms with E-state index in [1.54, 1.807) is 11.3 Å². The first-order valence-corrected chi connectivity index (χ1v) is 11.2. The molecule has 0 atom stereocenters. The lowest BCUT2D eigenvalue weighted by molar-refractivity contribution is -0.132. The van der Waals surface area contributed by atoms with Crippen LogP contribution in [0.1, 0.15) is 10.6 Å². The Morgan fingerprint density at radius 3 is 2.21 bits per heavy atom. The first-order valence-electron chi connectivity index (χ1n) is 9.52. The van der Waals surface area contributed by atoms with Crippen LogP contribution in [-0.2, 0) is 17.8 Å². The van der Waals surface area contributed by atoms with Crippen LogP contribution in [0.25, 0.3) is 11.3 Å². The number of benzene rings is 2. The van der Waals surface area contributed by atoms with Crippen molar-refractivity contribution in [3.05, 3.63) is 74.5 Å². The van der Waals surface area contributed by atoms with Gasteiger partial charge in [0.15, 0.2) is 0 Å². The van der Waals surface area contributed by atoms with Gasteiger partial charge in [0, 0.05) is 47.2 Å². The minimum Gasteiger partial charge on any atom is -0.340 e. The number of carbonyl (C=O) groups excluding carboxylic acids is 1. The third-order valence-electron chi connectivity index (χ3n) is 5.04. The molecule has 2 aromatic carbocycles. The summed E-state index contributed by atoms with van der Waals surface area (Å²) in [6, 6.07) is 15.2. The molecule has 0 spiro atoms. The summed E-state index contributed by atoms with van der Waals surface area (Å²) in [4.78, 5) is 21.6. The highest BCUT2D eigenvalue weighted by Crippen LogP contribution is 2.24. The number of halogens is 2. The molecule has 3 aromatic rings. The Labute approximate surface area is 184 Å². The van der Waals surface area contributed by atoms with E-state index in [9.17, 15) is 4.79 Å². The molecular formula is C22H21Cl2N3OS. The lowest BCUT2D eigenvalue weighted by Gasteiger charge is -2.34. The Morgan fingerprint density at radius 2 is 1.55 bits per heavy atom. The minimum atomic E-state index is 0.172. The fourth-order valence-corrected chi connectivity index (χ4v) is 4.47. The van der Waals surface area contributed by atoms with E-state index in [0.717, 1.165) is 59.6 Å². The molecule has 7 heteroatoms. The number of amides is 1. The number of carbonyl (C=O) groups is 1. The molecule has 0 radical (unpaired) electrons. The first kappa shape index (κ1) is 20.4. The Bertz CT molecular complexity index is 964. The Balaban J connectivity index is 1.28. The van der Waals surface area contributed by atoms with E-state index in [1.165, 1.54) is 0 Å². The molecule has 29 heavy (non-hydrogen) atoms. The highest BCUT2D eigenvalue weighted by atomic mass is 35.5. The number of thiazole rings is 1. The summed E-state index contributed by atoms with van der Waals surface area (Å²) in [6.07, 6.45) is 0.425. The summed E-state index contributed by atoms with van der Waals surface area (Å²) < 4.78 is 0. The van der Waals surface area contributed by atoms with Gasteiger partial charge in [0.2, 0.25) is 5.91 Å². The van der Waals surface area contributed by atoms with Crippen molar-refractivity contribution in [2.45, 2.75) is 13.0 Å². The SMILES string of the molecule is O=C(Cc1ccc(Cl)cc1)N1CCN(Cc2nc(-c3ccc(Cl)cc3)cs2)CC1. The molecule has 1 fully saturated rings. The third-order valence-corrected chi connectivity index (χ3v) is 6.38. The maximum Gasteiger partial charge on any atom is 0.227 e. The van der Waals surface area contributed by atoms with Gasteiger partial charge < -0.3 is 4.90 Å². The second-order valence-electron chi connectivity index (χ2n) is 7.09. The van der Waals surface area contributed by atoms with E-state index in [0.29, 0.717) is 11.4 Å². The molecular weight excluding hydrogens is 425 g/mol. The van der Waals surface area contributed by atoms with E-state index < -0.39 is 0 Å². The molecule has 1 aromatic heterocycles. The molecule has 4 nitrogen and oxygen atoms in total. The van der Waals surface area contributed by atoms with Crippen molar-refractivity contribution in [3.63, 3.8) is 0 Å². The van der Waals surface area contributed by atoms with Crippen molar-refractivity contribution in [1.82, 2.24) is 14.8 Å². The molecule has 0 unspecified atom stereocenters. The van der Waals surface area contributed by atoms with Crippen LogP contribution in [0, 0.1) is 0 Å². The molecule has 0 aliphatic carbocycles. The number of aromatic nitrogens is 1. The third kappa shape index (κ3) is 5.37. The van der Waals surface area contributed by atoms with Crippen LogP contribution in [0.15, 0.2) is 53.9 Å². The zero-order valence-corrected chi connectivity index (χ0v) is 18.2. The summed E-state index contributed by atoms with van der Waals surface area (Å²) >= 11 is 13.5. The zero-order valence-electron chi connectivity index (χ0n) is 15.9. The monoisotopic (exact) mass is 445 g/mol. The van der Waals surface area contributed by atoms with Crippen molar-refractivity contribution >= 4 is 40.4 Å². The zero-order chi connectivity index (χ0) is 20.2. The van der Waals surface area contributed by atoms with Crippen LogP contribution < -0.4 is 0 Å². The maximum absolute atomic E-state index is 12.6. The number of nitrogens with zero attached hydrogens (tertiary/aromatic N) is 3. The van der Waals surface area contributed by atoms with Crippen LogP contribution in [0.4, 0.5) is 0 Å².